The summed E-state index contributed by atoms with van der Waals surface area (Å²) in [6, 6.07) is 11.2. The van der Waals surface area contributed by atoms with Crippen molar-refractivity contribution in [3.63, 3.8) is 0 Å². The summed E-state index contributed by atoms with van der Waals surface area (Å²) >= 11 is 0. The first-order valence-corrected chi connectivity index (χ1v) is 8.54. The van der Waals surface area contributed by atoms with Crippen LogP contribution in [0.15, 0.2) is 30.3 Å². The van der Waals surface area contributed by atoms with Gasteiger partial charge in [-0.15, -0.1) is 0 Å². The fourth-order valence-corrected chi connectivity index (χ4v) is 3.50. The Labute approximate surface area is 133 Å². The maximum atomic E-state index is 12.6. The van der Waals surface area contributed by atoms with Crippen LogP contribution < -0.4 is 5.32 Å². The molecule has 22 heavy (non-hydrogen) atoms. The average Bonchev–Trinajstić information content (AvgIpc) is 3.02. The van der Waals surface area contributed by atoms with Crippen LogP contribution in [-0.2, 0) is 11.3 Å². The van der Waals surface area contributed by atoms with Crippen molar-refractivity contribution in [1.82, 2.24) is 15.1 Å². The number of hydrogen-bond acceptors (Lipinski definition) is 3. The van der Waals surface area contributed by atoms with Crippen LogP contribution in [0.1, 0.15) is 31.7 Å². The first-order valence-electron chi connectivity index (χ1n) is 8.54. The van der Waals surface area contributed by atoms with Crippen LogP contribution in [-0.4, -0.2) is 54.0 Å². The van der Waals surface area contributed by atoms with E-state index in [1.165, 1.54) is 5.56 Å². The summed E-state index contributed by atoms with van der Waals surface area (Å²) in [6.07, 6.45) is 3.19. The van der Waals surface area contributed by atoms with Crippen molar-refractivity contribution in [2.75, 3.05) is 26.2 Å². The maximum absolute atomic E-state index is 12.6. The van der Waals surface area contributed by atoms with Crippen LogP contribution >= 0.6 is 0 Å². The zero-order valence-electron chi connectivity index (χ0n) is 13.5. The molecule has 1 unspecified atom stereocenters. The second-order valence-corrected chi connectivity index (χ2v) is 6.57. The molecule has 120 valence electrons. The van der Waals surface area contributed by atoms with E-state index in [1.54, 1.807) is 0 Å². The number of benzene rings is 1. The van der Waals surface area contributed by atoms with Crippen molar-refractivity contribution >= 4 is 5.91 Å². The van der Waals surface area contributed by atoms with Crippen LogP contribution in [0.3, 0.4) is 0 Å². The van der Waals surface area contributed by atoms with Crippen molar-refractivity contribution in [2.45, 2.75) is 44.8 Å². The monoisotopic (exact) mass is 301 g/mol. The molecule has 3 rings (SSSR count). The largest absolute Gasteiger partial charge is 0.340 e. The lowest BCUT2D eigenvalue weighted by molar-refractivity contribution is -0.132. The van der Waals surface area contributed by atoms with Crippen LogP contribution in [0.5, 0.6) is 0 Å². The van der Waals surface area contributed by atoms with E-state index in [-0.39, 0.29) is 6.04 Å². The van der Waals surface area contributed by atoms with Gasteiger partial charge in [-0.3, -0.25) is 9.69 Å². The highest BCUT2D eigenvalue weighted by molar-refractivity contribution is 5.82. The first-order chi connectivity index (χ1) is 10.7. The Morgan fingerprint density at radius 1 is 1.18 bits per heavy atom. The van der Waals surface area contributed by atoms with Crippen LogP contribution in [0.2, 0.25) is 0 Å². The summed E-state index contributed by atoms with van der Waals surface area (Å²) in [5.41, 5.74) is 1.35. The fraction of sp³-hybridized carbons (Fsp3) is 0.611. The number of hydrogen-bond donors (Lipinski definition) is 1. The van der Waals surface area contributed by atoms with Gasteiger partial charge in [-0.2, -0.15) is 0 Å². The summed E-state index contributed by atoms with van der Waals surface area (Å²) in [4.78, 5) is 17.1. The minimum absolute atomic E-state index is 0.0657. The highest BCUT2D eigenvalue weighted by atomic mass is 16.2. The minimum Gasteiger partial charge on any atom is -0.340 e. The predicted molar refractivity (Wildman–Crippen MR) is 88.5 cm³/mol. The lowest BCUT2D eigenvalue weighted by Gasteiger charge is -2.26. The normalized spacial score (nSPS) is 26.9. The van der Waals surface area contributed by atoms with Gasteiger partial charge in [0.2, 0.25) is 5.91 Å². The molecular weight excluding hydrogens is 274 g/mol. The van der Waals surface area contributed by atoms with Crippen LogP contribution in [0.25, 0.3) is 0 Å². The SMILES string of the molecule is CC1CCN(C(=O)[C@@H]2CCCN2)CCN1Cc1ccccc1. The number of rotatable bonds is 3. The number of amides is 1. The molecular formula is C18H27N3O. The van der Waals surface area contributed by atoms with E-state index in [2.05, 4.69) is 52.4 Å². The lowest BCUT2D eigenvalue weighted by Crippen LogP contribution is -2.45. The van der Waals surface area contributed by atoms with Gasteiger partial charge in [0.25, 0.3) is 0 Å². The summed E-state index contributed by atoms with van der Waals surface area (Å²) in [5, 5.41) is 3.33. The molecule has 4 heteroatoms. The molecule has 1 N–H and O–H groups in total. The van der Waals surface area contributed by atoms with Gasteiger partial charge >= 0.3 is 0 Å². The van der Waals surface area contributed by atoms with Gasteiger partial charge in [0.1, 0.15) is 0 Å². The molecule has 2 aliphatic heterocycles. The van der Waals surface area contributed by atoms with E-state index in [9.17, 15) is 4.79 Å². The lowest BCUT2D eigenvalue weighted by atomic mass is 10.1. The van der Waals surface area contributed by atoms with Gasteiger partial charge in [0.05, 0.1) is 6.04 Å². The summed E-state index contributed by atoms with van der Waals surface area (Å²) in [7, 11) is 0. The van der Waals surface area contributed by atoms with Crippen molar-refractivity contribution in [1.29, 1.82) is 0 Å². The van der Waals surface area contributed by atoms with E-state index < -0.39 is 0 Å². The topological polar surface area (TPSA) is 35.6 Å². The fourth-order valence-electron chi connectivity index (χ4n) is 3.50. The Kier molecular flexibility index (Phi) is 5.11. The molecule has 1 amide bonds. The second-order valence-electron chi connectivity index (χ2n) is 6.57. The highest BCUT2D eigenvalue weighted by Gasteiger charge is 2.29. The summed E-state index contributed by atoms with van der Waals surface area (Å²) < 4.78 is 0. The third-order valence-corrected chi connectivity index (χ3v) is 5.00. The Hall–Kier alpha value is -1.39. The molecule has 0 radical (unpaired) electrons. The summed E-state index contributed by atoms with van der Waals surface area (Å²) in [5.74, 6) is 0.311. The van der Waals surface area contributed by atoms with Crippen molar-refractivity contribution in [3.05, 3.63) is 35.9 Å². The molecule has 0 aromatic heterocycles. The molecule has 2 atom stereocenters. The van der Waals surface area contributed by atoms with Crippen molar-refractivity contribution in [2.24, 2.45) is 0 Å². The second kappa shape index (κ2) is 7.25. The van der Waals surface area contributed by atoms with Crippen molar-refractivity contribution < 1.29 is 4.79 Å². The molecule has 2 heterocycles. The van der Waals surface area contributed by atoms with Gasteiger partial charge in [-0.05, 0) is 38.3 Å². The molecule has 2 fully saturated rings. The Balaban J connectivity index is 1.59. The summed E-state index contributed by atoms with van der Waals surface area (Å²) in [6.45, 7) is 6.96. The standard InChI is InChI=1S/C18H27N3O/c1-15-9-11-20(18(22)17-8-5-10-19-17)12-13-21(15)14-16-6-3-2-4-7-16/h2-4,6-7,15,17,19H,5,8-14H2,1H3/t15?,17-/m0/s1. The van der Waals surface area contributed by atoms with E-state index >= 15 is 0 Å². The van der Waals surface area contributed by atoms with Gasteiger partial charge in [-0.1, -0.05) is 30.3 Å². The predicted octanol–water partition coefficient (Wildman–Crippen LogP) is 1.86. The van der Waals surface area contributed by atoms with E-state index in [4.69, 9.17) is 0 Å². The maximum Gasteiger partial charge on any atom is 0.239 e. The van der Waals surface area contributed by atoms with Gasteiger partial charge in [0.15, 0.2) is 0 Å². The van der Waals surface area contributed by atoms with E-state index in [1.807, 2.05) is 0 Å². The molecule has 0 spiro atoms. The number of nitrogens with zero attached hydrogens (tertiary/aromatic N) is 2. The minimum atomic E-state index is 0.0657. The third-order valence-electron chi connectivity index (χ3n) is 5.00. The number of carbonyl (C=O) groups is 1. The molecule has 4 nitrogen and oxygen atoms in total. The molecule has 1 aromatic carbocycles. The van der Waals surface area contributed by atoms with Crippen LogP contribution in [0.4, 0.5) is 0 Å². The average molecular weight is 301 g/mol. The highest BCUT2D eigenvalue weighted by Crippen LogP contribution is 2.17. The van der Waals surface area contributed by atoms with Gasteiger partial charge in [0, 0.05) is 32.2 Å². The quantitative estimate of drug-likeness (QED) is 0.926. The Morgan fingerprint density at radius 2 is 2.00 bits per heavy atom. The Bertz CT molecular complexity index is 484. The number of nitrogens with one attached hydrogen (secondary N) is 1. The van der Waals surface area contributed by atoms with Gasteiger partial charge in [-0.25, -0.2) is 0 Å². The smallest absolute Gasteiger partial charge is 0.239 e. The zero-order valence-corrected chi connectivity index (χ0v) is 13.5. The van der Waals surface area contributed by atoms with E-state index in [0.29, 0.717) is 11.9 Å². The molecule has 0 bridgehead atoms. The molecule has 2 aliphatic rings. The van der Waals surface area contributed by atoms with Crippen molar-refractivity contribution in [3.8, 4) is 0 Å². The first kappa shape index (κ1) is 15.5. The molecule has 1 aromatic rings. The zero-order chi connectivity index (χ0) is 15.4. The number of carbonyl (C=O) groups excluding carboxylic acids is 1. The molecule has 0 aliphatic carbocycles. The van der Waals surface area contributed by atoms with E-state index in [0.717, 1.165) is 52.0 Å². The van der Waals surface area contributed by atoms with Gasteiger partial charge < -0.3 is 10.2 Å². The molecule has 0 saturated carbocycles. The Morgan fingerprint density at radius 3 is 2.73 bits per heavy atom. The van der Waals surface area contributed by atoms with Crippen LogP contribution in [0, 0.1) is 0 Å². The third kappa shape index (κ3) is 3.68. The molecule has 2 saturated heterocycles.